The molecule has 1 rings (SSSR count). The lowest BCUT2D eigenvalue weighted by Gasteiger charge is -2.24. The van der Waals surface area contributed by atoms with Gasteiger partial charge in [-0.2, -0.15) is 0 Å². The van der Waals surface area contributed by atoms with Crippen molar-refractivity contribution >= 4 is 32.1 Å². The number of esters is 1. The van der Waals surface area contributed by atoms with Gasteiger partial charge in [-0.25, -0.2) is 8.42 Å². The normalized spacial score (nSPS) is 13.9. The maximum absolute atomic E-state index is 13.4. The van der Waals surface area contributed by atoms with Gasteiger partial charge in [0, 0.05) is 29.4 Å². The Labute approximate surface area is 215 Å². The average Bonchev–Trinajstić information content (AvgIpc) is 2.74. The largest absolute Gasteiger partial charge is 0.461 e. The molecule has 1 atom stereocenters. The van der Waals surface area contributed by atoms with Crippen LogP contribution in [-0.4, -0.2) is 61.5 Å². The molecule has 0 aliphatic rings. The van der Waals surface area contributed by atoms with Gasteiger partial charge >= 0.3 is 5.97 Å². The summed E-state index contributed by atoms with van der Waals surface area (Å²) in [5.41, 5.74) is 0.734. The molecule has 0 bridgehead atoms. The fourth-order valence-electron chi connectivity index (χ4n) is 2.73. The Balaban J connectivity index is 2.86. The van der Waals surface area contributed by atoms with E-state index in [1.54, 1.807) is 24.3 Å². The van der Waals surface area contributed by atoms with E-state index in [1.165, 1.54) is 4.31 Å². The molecule has 0 amide bonds. The summed E-state index contributed by atoms with van der Waals surface area (Å²) in [5, 5.41) is 0. The monoisotopic (exact) mass is 545 g/mol. The standard InChI is InChI=1S/C25H47NO6SSi2/c1-21(2)22(3)25(27)32-18-23-10-12-24(13-11-23)33(28,29)26(19-30-14-16-34(4,5)6)20-31-15-17-35(7,8)9/h10-13,21-22H,14-20H2,1-9H3/t22-/m0/s1. The zero-order valence-electron chi connectivity index (χ0n) is 23.2. The number of carbonyl (C=O) groups excluding carboxylic acids is 1. The van der Waals surface area contributed by atoms with Gasteiger partial charge in [-0.15, -0.1) is 4.31 Å². The molecule has 35 heavy (non-hydrogen) atoms. The molecule has 1 aromatic carbocycles. The van der Waals surface area contributed by atoms with Crippen LogP contribution in [0.15, 0.2) is 29.2 Å². The first-order valence-electron chi connectivity index (χ1n) is 12.4. The van der Waals surface area contributed by atoms with E-state index in [-0.39, 0.29) is 42.8 Å². The third-order valence-electron chi connectivity index (χ3n) is 5.78. The fraction of sp³-hybridized carbons (Fsp3) is 0.720. The lowest BCUT2D eigenvalue weighted by molar-refractivity contribution is -0.150. The Morgan fingerprint density at radius 2 is 1.31 bits per heavy atom. The van der Waals surface area contributed by atoms with E-state index in [4.69, 9.17) is 14.2 Å². The van der Waals surface area contributed by atoms with Crippen molar-refractivity contribution in [2.24, 2.45) is 11.8 Å². The van der Waals surface area contributed by atoms with E-state index in [1.807, 2.05) is 20.8 Å². The van der Waals surface area contributed by atoms with Gasteiger partial charge < -0.3 is 14.2 Å². The summed E-state index contributed by atoms with van der Waals surface area (Å²) in [6.07, 6.45) is 0. The summed E-state index contributed by atoms with van der Waals surface area (Å²) in [6, 6.07) is 8.36. The SMILES string of the molecule is CC(C)[C@H](C)C(=O)OCc1ccc(S(=O)(=O)N(COCC[Si](C)(C)C)COCC[Si](C)(C)C)cc1. The Morgan fingerprint density at radius 3 is 1.71 bits per heavy atom. The molecule has 0 unspecified atom stereocenters. The number of benzene rings is 1. The van der Waals surface area contributed by atoms with Crippen molar-refractivity contribution in [3.63, 3.8) is 0 Å². The molecular weight excluding hydrogens is 499 g/mol. The molecule has 0 aliphatic carbocycles. The molecule has 1 aromatic rings. The molecule has 0 radical (unpaired) electrons. The summed E-state index contributed by atoms with van der Waals surface area (Å²) in [7, 11) is -6.37. The van der Waals surface area contributed by atoms with Crippen LogP contribution in [0.2, 0.25) is 51.4 Å². The van der Waals surface area contributed by atoms with Crippen molar-refractivity contribution in [2.45, 2.75) is 83.6 Å². The Hall–Kier alpha value is -1.05. The number of nitrogens with zero attached hydrogens (tertiary/aromatic N) is 1. The Morgan fingerprint density at radius 1 is 0.857 bits per heavy atom. The summed E-state index contributed by atoms with van der Waals surface area (Å²) >= 11 is 0. The number of ether oxygens (including phenoxy) is 3. The average molecular weight is 546 g/mol. The summed E-state index contributed by atoms with van der Waals surface area (Å²) < 4.78 is 44.9. The van der Waals surface area contributed by atoms with Gasteiger partial charge in [0.25, 0.3) is 0 Å². The van der Waals surface area contributed by atoms with E-state index in [9.17, 15) is 13.2 Å². The molecule has 0 fully saturated rings. The van der Waals surface area contributed by atoms with E-state index in [0.29, 0.717) is 13.2 Å². The van der Waals surface area contributed by atoms with Crippen molar-refractivity contribution in [3.05, 3.63) is 29.8 Å². The first-order valence-corrected chi connectivity index (χ1v) is 21.3. The molecule has 0 saturated carbocycles. The molecule has 0 aliphatic heterocycles. The van der Waals surface area contributed by atoms with Crippen LogP contribution in [0.5, 0.6) is 0 Å². The number of hydrogen-bond acceptors (Lipinski definition) is 6. The van der Waals surface area contributed by atoms with Gasteiger partial charge in [0.15, 0.2) is 0 Å². The molecule has 0 aromatic heterocycles. The zero-order chi connectivity index (χ0) is 26.9. The first kappa shape index (κ1) is 32.0. The molecule has 0 N–H and O–H groups in total. The van der Waals surface area contributed by atoms with Crippen LogP contribution in [0, 0.1) is 11.8 Å². The lowest BCUT2D eigenvalue weighted by atomic mass is 9.99. The fourth-order valence-corrected chi connectivity index (χ4v) is 5.45. The first-order chi connectivity index (χ1) is 16.0. The predicted molar refractivity (Wildman–Crippen MR) is 147 cm³/mol. The van der Waals surface area contributed by atoms with Crippen LogP contribution in [0.3, 0.4) is 0 Å². The van der Waals surface area contributed by atoms with E-state index >= 15 is 0 Å². The van der Waals surface area contributed by atoms with Gasteiger partial charge in [0.2, 0.25) is 10.0 Å². The van der Waals surface area contributed by atoms with Crippen LogP contribution >= 0.6 is 0 Å². The van der Waals surface area contributed by atoms with Crippen LogP contribution in [-0.2, 0) is 35.6 Å². The molecule has 0 heterocycles. The maximum atomic E-state index is 13.4. The van der Waals surface area contributed by atoms with Crippen LogP contribution < -0.4 is 0 Å². The highest BCUT2D eigenvalue weighted by Crippen LogP contribution is 2.19. The van der Waals surface area contributed by atoms with Crippen molar-refractivity contribution in [1.29, 1.82) is 0 Å². The smallest absolute Gasteiger partial charge is 0.309 e. The van der Waals surface area contributed by atoms with E-state index in [2.05, 4.69) is 39.3 Å². The minimum Gasteiger partial charge on any atom is -0.461 e. The van der Waals surface area contributed by atoms with Crippen molar-refractivity contribution in [1.82, 2.24) is 4.31 Å². The Kier molecular flexibility index (Phi) is 12.8. The maximum Gasteiger partial charge on any atom is 0.309 e. The highest BCUT2D eigenvalue weighted by Gasteiger charge is 2.26. The zero-order valence-corrected chi connectivity index (χ0v) is 26.0. The molecule has 202 valence electrons. The van der Waals surface area contributed by atoms with Crippen molar-refractivity contribution < 1.29 is 27.4 Å². The highest BCUT2D eigenvalue weighted by molar-refractivity contribution is 7.89. The van der Waals surface area contributed by atoms with Gasteiger partial charge in [-0.1, -0.05) is 72.2 Å². The van der Waals surface area contributed by atoms with Crippen LogP contribution in [0.25, 0.3) is 0 Å². The van der Waals surface area contributed by atoms with Gasteiger partial charge in [0.05, 0.1) is 10.8 Å². The number of sulfonamides is 1. The second-order valence-electron chi connectivity index (χ2n) is 11.9. The van der Waals surface area contributed by atoms with Crippen molar-refractivity contribution in [3.8, 4) is 0 Å². The molecule has 10 heteroatoms. The predicted octanol–water partition coefficient (Wildman–Crippen LogP) is 5.64. The minimum atomic E-state index is -3.81. The van der Waals surface area contributed by atoms with E-state index < -0.39 is 26.2 Å². The minimum absolute atomic E-state index is 0.0494. The third-order valence-corrected chi connectivity index (χ3v) is 10.9. The summed E-state index contributed by atoms with van der Waals surface area (Å²) in [4.78, 5) is 12.3. The lowest BCUT2D eigenvalue weighted by Crippen LogP contribution is -2.36. The second kappa shape index (κ2) is 14.0. The van der Waals surface area contributed by atoms with E-state index in [0.717, 1.165) is 17.7 Å². The topological polar surface area (TPSA) is 82.1 Å². The number of rotatable bonds is 16. The van der Waals surface area contributed by atoms with Crippen molar-refractivity contribution in [2.75, 3.05) is 26.7 Å². The highest BCUT2D eigenvalue weighted by atomic mass is 32.2. The van der Waals surface area contributed by atoms with Gasteiger partial charge in [-0.3, -0.25) is 4.79 Å². The van der Waals surface area contributed by atoms with Crippen LogP contribution in [0.1, 0.15) is 26.3 Å². The second-order valence-corrected chi connectivity index (χ2v) is 25.1. The number of carbonyl (C=O) groups is 1. The molecular formula is C25H47NO6SSi2. The molecule has 0 saturated heterocycles. The van der Waals surface area contributed by atoms with Crippen LogP contribution in [0.4, 0.5) is 0 Å². The summed E-state index contributed by atoms with van der Waals surface area (Å²) in [6.45, 7) is 20.4. The number of hydrogen-bond donors (Lipinski definition) is 0. The quantitative estimate of drug-likeness (QED) is 0.116. The van der Waals surface area contributed by atoms with Gasteiger partial charge in [0.1, 0.15) is 20.1 Å². The Bertz CT molecular complexity index is 855. The third kappa shape index (κ3) is 12.7. The van der Waals surface area contributed by atoms with Gasteiger partial charge in [-0.05, 0) is 35.7 Å². The molecule has 7 nitrogen and oxygen atoms in total. The summed E-state index contributed by atoms with van der Waals surface area (Å²) in [5.74, 6) is -0.249. The molecule has 0 spiro atoms.